The van der Waals surface area contributed by atoms with E-state index < -0.39 is 33.8 Å². The number of ether oxygens (including phenoxy) is 1. The summed E-state index contributed by atoms with van der Waals surface area (Å²) >= 11 is 0. The van der Waals surface area contributed by atoms with Crippen molar-refractivity contribution in [1.29, 1.82) is 0 Å². The summed E-state index contributed by atoms with van der Waals surface area (Å²) in [6.07, 6.45) is 0. The van der Waals surface area contributed by atoms with Crippen LogP contribution in [0, 0.1) is 5.92 Å². The van der Waals surface area contributed by atoms with Gasteiger partial charge in [-0.1, -0.05) is 19.9 Å². The predicted molar refractivity (Wildman–Crippen MR) is 87.5 cm³/mol. The first-order valence-electron chi connectivity index (χ1n) is 7.18. The molecule has 0 heterocycles. The largest absolute Gasteiger partial charge is 0.495 e. The number of carboxylic acid groups (broad SMARTS) is 1. The van der Waals surface area contributed by atoms with Gasteiger partial charge in [0.2, 0.25) is 0 Å². The maximum atomic E-state index is 12.3. The average Bonchev–Trinajstić information content (AvgIpc) is 2.50. The van der Waals surface area contributed by atoms with Crippen molar-refractivity contribution in [2.45, 2.75) is 19.9 Å². The smallest absolute Gasteiger partial charge is 0.327 e. The van der Waals surface area contributed by atoms with Gasteiger partial charge < -0.3 is 15.2 Å². The Morgan fingerprint density at radius 1 is 1.20 bits per heavy atom. The van der Waals surface area contributed by atoms with Gasteiger partial charge in [-0.3, -0.25) is 14.1 Å². The number of Topliss-reactive ketones (excluding diaryl/α,β-unsaturated/α-hetero) is 1. The molecule has 9 nitrogen and oxygen atoms in total. The lowest BCUT2D eigenvalue weighted by Crippen LogP contribution is -2.45. The number of para-hydroxylation sites is 1. The number of nitrogens with one attached hydrogen (secondary N) is 1. The van der Waals surface area contributed by atoms with Crippen LogP contribution in [0.5, 0.6) is 5.75 Å². The molecular formula is C15H19NO8S. The van der Waals surface area contributed by atoms with Crippen LogP contribution in [0.1, 0.15) is 34.6 Å². The van der Waals surface area contributed by atoms with Crippen molar-refractivity contribution in [3.63, 3.8) is 0 Å². The molecule has 1 atom stereocenters. The minimum absolute atomic E-state index is 0.0466. The van der Waals surface area contributed by atoms with Crippen molar-refractivity contribution in [2.75, 3.05) is 12.9 Å². The molecule has 138 valence electrons. The lowest BCUT2D eigenvalue weighted by atomic mass is 9.97. The third kappa shape index (κ3) is 5.54. The molecule has 0 spiro atoms. The van der Waals surface area contributed by atoms with Gasteiger partial charge in [0.25, 0.3) is 16.0 Å². The molecule has 0 saturated heterocycles. The van der Waals surface area contributed by atoms with Crippen LogP contribution in [-0.4, -0.2) is 54.6 Å². The second-order valence-electron chi connectivity index (χ2n) is 5.52. The Labute approximate surface area is 144 Å². The van der Waals surface area contributed by atoms with E-state index >= 15 is 0 Å². The van der Waals surface area contributed by atoms with Gasteiger partial charge in [-0.25, -0.2) is 4.79 Å². The van der Waals surface area contributed by atoms with Gasteiger partial charge >= 0.3 is 5.97 Å². The lowest BCUT2D eigenvalue weighted by Gasteiger charge is -2.16. The Balaban J connectivity index is 3.23. The summed E-state index contributed by atoms with van der Waals surface area (Å²) in [7, 11) is -3.38. The zero-order valence-corrected chi connectivity index (χ0v) is 14.7. The van der Waals surface area contributed by atoms with E-state index in [9.17, 15) is 22.8 Å². The highest BCUT2D eigenvalue weighted by Gasteiger charge is 2.28. The second-order valence-corrected chi connectivity index (χ2v) is 7.02. The maximum absolute atomic E-state index is 12.3. The summed E-state index contributed by atoms with van der Waals surface area (Å²) < 4.78 is 35.7. The number of methoxy groups -OCH3 is 1. The van der Waals surface area contributed by atoms with Crippen LogP contribution in [0.25, 0.3) is 0 Å². The Morgan fingerprint density at radius 2 is 1.76 bits per heavy atom. The van der Waals surface area contributed by atoms with Crippen molar-refractivity contribution >= 4 is 27.8 Å². The molecule has 1 aromatic rings. The number of carbonyl (C=O) groups is 3. The Morgan fingerprint density at radius 3 is 2.20 bits per heavy atom. The zero-order chi connectivity index (χ0) is 19.4. The highest BCUT2D eigenvalue weighted by atomic mass is 32.2. The van der Waals surface area contributed by atoms with Gasteiger partial charge in [-0.05, 0) is 12.1 Å². The van der Waals surface area contributed by atoms with Gasteiger partial charge in [-0.15, -0.1) is 0 Å². The molecule has 1 aromatic carbocycles. The molecular weight excluding hydrogens is 354 g/mol. The summed E-state index contributed by atoms with van der Waals surface area (Å²) in [4.78, 5) is 35.6. The van der Waals surface area contributed by atoms with E-state index in [1.54, 1.807) is 13.8 Å². The molecule has 25 heavy (non-hydrogen) atoms. The molecule has 0 fully saturated rings. The normalized spacial score (nSPS) is 12.5. The summed E-state index contributed by atoms with van der Waals surface area (Å²) in [6, 6.07) is 2.32. The van der Waals surface area contributed by atoms with Gasteiger partial charge in [0.15, 0.2) is 5.78 Å². The van der Waals surface area contributed by atoms with Crippen LogP contribution in [0.15, 0.2) is 18.2 Å². The van der Waals surface area contributed by atoms with E-state index in [0.717, 1.165) is 0 Å². The van der Waals surface area contributed by atoms with Crippen LogP contribution in [0.4, 0.5) is 0 Å². The highest BCUT2D eigenvalue weighted by molar-refractivity contribution is 7.85. The minimum Gasteiger partial charge on any atom is -0.495 e. The summed E-state index contributed by atoms with van der Waals surface area (Å²) in [5.41, 5.74) is 0.0161. The number of hydrogen-bond acceptors (Lipinski definition) is 6. The molecule has 0 aromatic heterocycles. The number of aliphatic carboxylic acids is 1. The summed E-state index contributed by atoms with van der Waals surface area (Å²) in [5.74, 6) is -4.47. The molecule has 0 bridgehead atoms. The number of benzene rings is 1. The Hall–Kier alpha value is -2.46. The zero-order valence-electron chi connectivity index (χ0n) is 13.8. The first kappa shape index (κ1) is 20.6. The lowest BCUT2D eigenvalue weighted by molar-refractivity contribution is -0.138. The fourth-order valence-electron chi connectivity index (χ4n) is 2.06. The molecule has 1 amide bonds. The topological polar surface area (TPSA) is 147 Å². The van der Waals surface area contributed by atoms with Crippen LogP contribution in [-0.2, 0) is 14.9 Å². The van der Waals surface area contributed by atoms with E-state index in [1.165, 1.54) is 25.3 Å². The van der Waals surface area contributed by atoms with Crippen LogP contribution < -0.4 is 10.1 Å². The molecule has 10 heteroatoms. The van der Waals surface area contributed by atoms with E-state index in [0.29, 0.717) is 0 Å². The monoisotopic (exact) mass is 373 g/mol. The van der Waals surface area contributed by atoms with Crippen molar-refractivity contribution in [3.8, 4) is 5.75 Å². The second kappa shape index (κ2) is 8.08. The fourth-order valence-corrected chi connectivity index (χ4v) is 2.71. The number of ketones is 1. The van der Waals surface area contributed by atoms with Crippen molar-refractivity contribution < 1.29 is 37.2 Å². The van der Waals surface area contributed by atoms with Gasteiger partial charge in [0.1, 0.15) is 17.5 Å². The van der Waals surface area contributed by atoms with Crippen molar-refractivity contribution in [2.24, 2.45) is 5.92 Å². The first-order valence-corrected chi connectivity index (χ1v) is 8.79. The number of rotatable bonds is 8. The minimum atomic E-state index is -4.63. The highest BCUT2D eigenvalue weighted by Crippen LogP contribution is 2.26. The standard InChI is InChI=1S/C15H19NO8S/c1-8(2)12(17)9-5-4-6-10(13(9)24-3)14(18)16-11(15(19)20)7-25(21,22)23/h4-6,8,11H,7H2,1-3H3,(H,16,18)(H,19,20)(H,21,22,23)/t11-/m0/s1. The SMILES string of the molecule is COc1c(C(=O)N[C@@H](CS(=O)(=O)O)C(=O)O)cccc1C(=O)C(C)C. The first-order chi connectivity index (χ1) is 11.5. The molecule has 0 radical (unpaired) electrons. The molecule has 1 rings (SSSR count). The van der Waals surface area contributed by atoms with E-state index in [4.69, 9.17) is 14.4 Å². The fraction of sp³-hybridized carbons (Fsp3) is 0.400. The number of carbonyl (C=O) groups excluding carboxylic acids is 2. The molecule has 0 aliphatic carbocycles. The van der Waals surface area contributed by atoms with Gasteiger partial charge in [-0.2, -0.15) is 8.42 Å². The predicted octanol–water partition coefficient (Wildman–Crippen LogP) is 0.605. The number of amides is 1. The number of hydrogen-bond donors (Lipinski definition) is 3. The molecule has 0 aliphatic heterocycles. The molecule has 0 unspecified atom stereocenters. The third-order valence-corrected chi connectivity index (χ3v) is 3.99. The number of carboxylic acids is 1. The Bertz CT molecular complexity index is 785. The van der Waals surface area contributed by atoms with Gasteiger partial charge in [0, 0.05) is 5.92 Å². The summed E-state index contributed by atoms with van der Waals surface area (Å²) in [6.45, 7) is 3.34. The summed E-state index contributed by atoms with van der Waals surface area (Å²) in [5, 5.41) is 11.0. The maximum Gasteiger partial charge on any atom is 0.327 e. The van der Waals surface area contributed by atoms with E-state index in [1.807, 2.05) is 5.32 Å². The van der Waals surface area contributed by atoms with E-state index in [-0.39, 0.29) is 28.6 Å². The van der Waals surface area contributed by atoms with E-state index in [2.05, 4.69) is 0 Å². The third-order valence-electron chi connectivity index (χ3n) is 3.23. The average molecular weight is 373 g/mol. The molecule has 0 aliphatic rings. The molecule has 3 N–H and O–H groups in total. The van der Waals surface area contributed by atoms with Crippen LogP contribution >= 0.6 is 0 Å². The van der Waals surface area contributed by atoms with Crippen LogP contribution in [0.2, 0.25) is 0 Å². The van der Waals surface area contributed by atoms with Crippen LogP contribution in [0.3, 0.4) is 0 Å². The molecule has 0 saturated carbocycles. The van der Waals surface area contributed by atoms with Gasteiger partial charge in [0.05, 0.1) is 18.2 Å². The van der Waals surface area contributed by atoms with Crippen molar-refractivity contribution in [1.82, 2.24) is 5.32 Å². The Kier molecular flexibility index (Phi) is 6.65. The quantitative estimate of drug-likeness (QED) is 0.443. The van der Waals surface area contributed by atoms with Crippen molar-refractivity contribution in [3.05, 3.63) is 29.3 Å².